The van der Waals surface area contributed by atoms with Crippen LogP contribution in [0.15, 0.2) is 121 Å². The fourth-order valence-corrected chi connectivity index (χ4v) is 5.46. The zero-order valence-corrected chi connectivity index (χ0v) is 17.3. The van der Waals surface area contributed by atoms with Crippen LogP contribution in [0.25, 0.3) is 0 Å². The van der Waals surface area contributed by atoms with Gasteiger partial charge in [-0.3, -0.25) is 0 Å². The number of rotatable bonds is 4. The summed E-state index contributed by atoms with van der Waals surface area (Å²) in [7, 11) is 0. The lowest BCUT2D eigenvalue weighted by atomic mass is 9.67. The molecule has 0 heterocycles. The third-order valence-corrected chi connectivity index (χ3v) is 6.89. The van der Waals surface area contributed by atoms with Gasteiger partial charge in [0.1, 0.15) is 11.2 Å². The molecule has 4 atom stereocenters. The first-order valence-electron chi connectivity index (χ1n) is 10.8. The second kappa shape index (κ2) is 7.81. The highest BCUT2D eigenvalue weighted by Gasteiger charge is 2.66. The fourth-order valence-electron chi connectivity index (χ4n) is 5.46. The molecule has 0 aromatic heterocycles. The molecule has 0 bridgehead atoms. The number of hydrogen-bond acceptors (Lipinski definition) is 2. The number of benzene rings is 4. The molecule has 0 aliphatic heterocycles. The summed E-state index contributed by atoms with van der Waals surface area (Å²) in [6.07, 6.45) is 0.630. The molecule has 0 radical (unpaired) electrons. The Morgan fingerprint density at radius 2 is 0.742 bits per heavy atom. The minimum absolute atomic E-state index is 0.272. The zero-order valence-electron chi connectivity index (χ0n) is 17.3. The Balaban J connectivity index is 1.81. The molecule has 31 heavy (non-hydrogen) atoms. The molecule has 1 aliphatic carbocycles. The molecule has 0 unspecified atom stereocenters. The fraction of sp³-hybridized carbons (Fsp3) is 0.172. The Kier molecular flexibility index (Phi) is 4.97. The highest BCUT2D eigenvalue weighted by atomic mass is 16.4. The second-order valence-corrected chi connectivity index (χ2v) is 8.43. The van der Waals surface area contributed by atoms with Gasteiger partial charge in [-0.05, 0) is 28.7 Å². The SMILES string of the molecule is O[C@]1(c2ccccc2)[C@H](c2ccccc2)C[C@@H](c2ccccc2)[C@]1(O)c1ccccc1. The molecule has 2 nitrogen and oxygen atoms in total. The normalized spacial score (nSPS) is 27.8. The molecule has 154 valence electrons. The Hall–Kier alpha value is -3.20. The maximum atomic E-state index is 12.6. The van der Waals surface area contributed by atoms with Gasteiger partial charge in [0, 0.05) is 11.8 Å². The summed E-state index contributed by atoms with van der Waals surface area (Å²) in [6, 6.07) is 39.5. The smallest absolute Gasteiger partial charge is 0.130 e. The summed E-state index contributed by atoms with van der Waals surface area (Å²) in [5.41, 5.74) is 0.514. The van der Waals surface area contributed by atoms with Gasteiger partial charge in [-0.2, -0.15) is 0 Å². The van der Waals surface area contributed by atoms with Crippen molar-refractivity contribution in [3.63, 3.8) is 0 Å². The third kappa shape index (κ3) is 3.03. The molecule has 2 heteroatoms. The van der Waals surface area contributed by atoms with Gasteiger partial charge in [-0.1, -0.05) is 121 Å². The van der Waals surface area contributed by atoms with Crippen LogP contribution in [0.3, 0.4) is 0 Å². The van der Waals surface area contributed by atoms with Crippen molar-refractivity contribution in [1.82, 2.24) is 0 Å². The van der Waals surface area contributed by atoms with E-state index in [-0.39, 0.29) is 11.8 Å². The Morgan fingerprint density at radius 1 is 0.452 bits per heavy atom. The minimum atomic E-state index is -1.50. The maximum Gasteiger partial charge on any atom is 0.130 e. The molecule has 5 rings (SSSR count). The van der Waals surface area contributed by atoms with E-state index >= 15 is 0 Å². The van der Waals surface area contributed by atoms with Crippen LogP contribution in [0.1, 0.15) is 40.5 Å². The quantitative estimate of drug-likeness (QED) is 0.454. The van der Waals surface area contributed by atoms with E-state index in [1.807, 2.05) is 97.1 Å². The molecular formula is C29H26O2. The van der Waals surface area contributed by atoms with E-state index in [4.69, 9.17) is 0 Å². The van der Waals surface area contributed by atoms with E-state index in [1.165, 1.54) is 0 Å². The highest BCUT2D eigenvalue weighted by Crippen LogP contribution is 2.64. The van der Waals surface area contributed by atoms with Crippen molar-refractivity contribution in [2.75, 3.05) is 0 Å². The molecule has 1 aliphatic rings. The van der Waals surface area contributed by atoms with Crippen LogP contribution >= 0.6 is 0 Å². The van der Waals surface area contributed by atoms with E-state index in [9.17, 15) is 10.2 Å². The van der Waals surface area contributed by atoms with E-state index in [0.717, 1.165) is 22.3 Å². The van der Waals surface area contributed by atoms with Gasteiger partial charge in [0.2, 0.25) is 0 Å². The first kappa shape index (κ1) is 19.7. The van der Waals surface area contributed by atoms with Crippen LogP contribution in [-0.2, 0) is 11.2 Å². The largest absolute Gasteiger partial charge is 0.381 e. The number of hydrogen-bond donors (Lipinski definition) is 2. The van der Waals surface area contributed by atoms with Crippen molar-refractivity contribution in [3.05, 3.63) is 144 Å². The van der Waals surface area contributed by atoms with Crippen molar-refractivity contribution in [1.29, 1.82) is 0 Å². The molecule has 2 N–H and O–H groups in total. The Bertz CT molecular complexity index is 1040. The maximum absolute atomic E-state index is 12.6. The molecule has 1 saturated carbocycles. The summed E-state index contributed by atoms with van der Waals surface area (Å²) in [5.74, 6) is -0.543. The Morgan fingerprint density at radius 3 is 1.06 bits per heavy atom. The lowest BCUT2D eigenvalue weighted by Gasteiger charge is -2.44. The average molecular weight is 407 g/mol. The average Bonchev–Trinajstić information content (AvgIpc) is 3.10. The summed E-state index contributed by atoms with van der Waals surface area (Å²) in [5, 5.41) is 25.3. The minimum Gasteiger partial charge on any atom is -0.381 e. The molecule has 0 amide bonds. The van der Waals surface area contributed by atoms with E-state index in [0.29, 0.717) is 6.42 Å². The molecular weight excluding hydrogens is 380 g/mol. The number of aliphatic hydroxyl groups is 2. The molecule has 4 aromatic carbocycles. The van der Waals surface area contributed by atoms with Gasteiger partial charge in [-0.25, -0.2) is 0 Å². The summed E-state index contributed by atoms with van der Waals surface area (Å²) in [4.78, 5) is 0. The van der Waals surface area contributed by atoms with Crippen LogP contribution in [0, 0.1) is 0 Å². The topological polar surface area (TPSA) is 40.5 Å². The molecule has 4 aromatic rings. The van der Waals surface area contributed by atoms with Crippen molar-refractivity contribution >= 4 is 0 Å². The zero-order chi connectivity index (χ0) is 21.3. The van der Waals surface area contributed by atoms with Gasteiger partial charge in [0.05, 0.1) is 0 Å². The first-order valence-corrected chi connectivity index (χ1v) is 10.8. The van der Waals surface area contributed by atoms with Gasteiger partial charge in [-0.15, -0.1) is 0 Å². The van der Waals surface area contributed by atoms with Crippen LogP contribution in [-0.4, -0.2) is 10.2 Å². The van der Waals surface area contributed by atoms with E-state index in [1.54, 1.807) is 0 Å². The third-order valence-electron chi connectivity index (χ3n) is 6.89. The van der Waals surface area contributed by atoms with Crippen molar-refractivity contribution < 1.29 is 10.2 Å². The summed E-state index contributed by atoms with van der Waals surface area (Å²) in [6.45, 7) is 0. The predicted molar refractivity (Wildman–Crippen MR) is 124 cm³/mol. The van der Waals surface area contributed by atoms with Crippen molar-refractivity contribution in [2.45, 2.75) is 29.5 Å². The lowest BCUT2D eigenvalue weighted by Crippen LogP contribution is -2.50. The van der Waals surface area contributed by atoms with E-state index < -0.39 is 11.2 Å². The van der Waals surface area contributed by atoms with Crippen molar-refractivity contribution in [3.8, 4) is 0 Å². The standard InChI is InChI=1S/C29H26O2/c30-28(24-17-9-3-10-18-24)26(22-13-5-1-6-14-22)21-27(23-15-7-2-8-16-23)29(28,31)25-19-11-4-12-20-25/h1-20,26-27,30-31H,21H2/t26-,27-,28+,29+/m0/s1. The van der Waals surface area contributed by atoms with Gasteiger partial charge in [0.15, 0.2) is 0 Å². The summed E-state index contributed by atoms with van der Waals surface area (Å²) >= 11 is 0. The Labute approximate surface area is 183 Å². The summed E-state index contributed by atoms with van der Waals surface area (Å²) < 4.78 is 0. The molecule has 1 fully saturated rings. The predicted octanol–water partition coefficient (Wildman–Crippen LogP) is 5.73. The highest BCUT2D eigenvalue weighted by molar-refractivity contribution is 5.47. The monoisotopic (exact) mass is 406 g/mol. The van der Waals surface area contributed by atoms with Gasteiger partial charge >= 0.3 is 0 Å². The van der Waals surface area contributed by atoms with E-state index in [2.05, 4.69) is 24.3 Å². The van der Waals surface area contributed by atoms with Crippen LogP contribution in [0.2, 0.25) is 0 Å². The molecule has 0 saturated heterocycles. The van der Waals surface area contributed by atoms with Crippen LogP contribution in [0.5, 0.6) is 0 Å². The first-order chi connectivity index (χ1) is 15.2. The second-order valence-electron chi connectivity index (χ2n) is 8.43. The lowest BCUT2D eigenvalue weighted by molar-refractivity contribution is -0.158. The van der Waals surface area contributed by atoms with Gasteiger partial charge < -0.3 is 10.2 Å². The van der Waals surface area contributed by atoms with Gasteiger partial charge in [0.25, 0.3) is 0 Å². The van der Waals surface area contributed by atoms with Crippen LogP contribution in [0.4, 0.5) is 0 Å². The molecule has 0 spiro atoms. The van der Waals surface area contributed by atoms with Crippen molar-refractivity contribution in [2.24, 2.45) is 0 Å². The van der Waals surface area contributed by atoms with Crippen LogP contribution < -0.4 is 0 Å².